The molecule has 2 aromatic rings. The van der Waals surface area contributed by atoms with E-state index in [1.54, 1.807) is 0 Å². The molecule has 2 amide bonds. The molecular formula is C20H24FN3O4S2. The summed E-state index contributed by atoms with van der Waals surface area (Å²) < 4.78 is 23.8. The van der Waals surface area contributed by atoms with Gasteiger partial charge in [-0.05, 0) is 62.3 Å². The van der Waals surface area contributed by atoms with Crippen molar-refractivity contribution in [3.05, 3.63) is 45.1 Å². The van der Waals surface area contributed by atoms with Gasteiger partial charge in [0.2, 0.25) is 0 Å². The van der Waals surface area contributed by atoms with Gasteiger partial charge in [-0.1, -0.05) is 6.07 Å². The van der Waals surface area contributed by atoms with Crippen LogP contribution in [0, 0.1) is 5.82 Å². The van der Waals surface area contributed by atoms with Crippen molar-refractivity contribution in [1.29, 1.82) is 0 Å². The Labute approximate surface area is 180 Å². The predicted molar refractivity (Wildman–Crippen MR) is 114 cm³/mol. The highest BCUT2D eigenvalue weighted by Gasteiger charge is 2.29. The maximum absolute atomic E-state index is 13.0. The SMILES string of the molecule is CC(C)(O)c1cc(F)c(S(N)=O)s1.NC(=O)Nc1c2c(cc3c1C(=O)CC3)CCC2. The molecule has 6 N–H and O–H groups in total. The molecule has 10 heteroatoms. The molecule has 0 radical (unpaired) electrons. The Morgan fingerprint density at radius 2 is 1.93 bits per heavy atom. The van der Waals surface area contributed by atoms with Gasteiger partial charge in [0, 0.05) is 16.9 Å². The van der Waals surface area contributed by atoms with Crippen molar-refractivity contribution in [2.24, 2.45) is 10.9 Å². The Bertz CT molecular complexity index is 1040. The van der Waals surface area contributed by atoms with Crippen LogP contribution in [-0.4, -0.2) is 21.1 Å². The molecule has 0 aliphatic heterocycles. The van der Waals surface area contributed by atoms with Gasteiger partial charge in [0.1, 0.15) is 15.2 Å². The molecule has 1 aromatic heterocycles. The number of nitrogens with one attached hydrogen (secondary N) is 1. The van der Waals surface area contributed by atoms with E-state index in [9.17, 15) is 23.3 Å². The van der Waals surface area contributed by atoms with E-state index in [0.29, 0.717) is 22.5 Å². The van der Waals surface area contributed by atoms with Gasteiger partial charge >= 0.3 is 6.03 Å². The number of halogens is 1. The summed E-state index contributed by atoms with van der Waals surface area (Å²) in [5, 5.41) is 17.2. The third-order valence-electron chi connectivity index (χ3n) is 5.07. The van der Waals surface area contributed by atoms with E-state index in [4.69, 9.17) is 10.9 Å². The van der Waals surface area contributed by atoms with Crippen molar-refractivity contribution >= 4 is 39.8 Å². The summed E-state index contributed by atoms with van der Waals surface area (Å²) in [6.07, 6.45) is 4.37. The lowest BCUT2D eigenvalue weighted by Gasteiger charge is -2.13. The lowest BCUT2D eigenvalue weighted by atomic mass is 9.98. The summed E-state index contributed by atoms with van der Waals surface area (Å²) in [4.78, 5) is 23.4. The first kappa shape index (κ1) is 22.5. The number of urea groups is 1. The van der Waals surface area contributed by atoms with E-state index in [-0.39, 0.29) is 9.99 Å². The number of fused-ring (bicyclic) bond motifs is 2. The summed E-state index contributed by atoms with van der Waals surface area (Å²) in [5.41, 5.74) is 8.90. The minimum Gasteiger partial charge on any atom is -0.385 e. The van der Waals surface area contributed by atoms with Crippen molar-refractivity contribution in [1.82, 2.24) is 0 Å². The van der Waals surface area contributed by atoms with Gasteiger partial charge < -0.3 is 16.2 Å². The number of rotatable bonds is 3. The van der Waals surface area contributed by atoms with E-state index in [1.165, 1.54) is 19.4 Å². The first-order chi connectivity index (χ1) is 14.0. The van der Waals surface area contributed by atoms with Crippen LogP contribution in [0.1, 0.15) is 58.6 Å². The molecule has 2 aliphatic carbocycles. The lowest BCUT2D eigenvalue weighted by Crippen LogP contribution is -2.22. The summed E-state index contributed by atoms with van der Waals surface area (Å²) in [5.74, 6) is -0.499. The Morgan fingerprint density at radius 1 is 1.23 bits per heavy atom. The van der Waals surface area contributed by atoms with Gasteiger partial charge in [0.05, 0.1) is 11.3 Å². The second kappa shape index (κ2) is 8.54. The van der Waals surface area contributed by atoms with E-state index in [2.05, 4.69) is 11.4 Å². The largest absolute Gasteiger partial charge is 0.385 e. The summed E-state index contributed by atoms with van der Waals surface area (Å²) in [6, 6.07) is 2.70. The number of ketones is 1. The number of amides is 2. The number of anilines is 1. The van der Waals surface area contributed by atoms with Crippen LogP contribution in [0.2, 0.25) is 0 Å². The molecule has 1 unspecified atom stereocenters. The molecule has 2 aliphatic rings. The Kier molecular flexibility index (Phi) is 6.42. The van der Waals surface area contributed by atoms with E-state index in [0.717, 1.165) is 54.2 Å². The average Bonchev–Trinajstić information content (AvgIpc) is 3.33. The van der Waals surface area contributed by atoms with Gasteiger partial charge in [-0.25, -0.2) is 18.5 Å². The number of carbonyl (C=O) groups excluding carboxylic acids is 2. The zero-order valence-electron chi connectivity index (χ0n) is 16.7. The van der Waals surface area contributed by atoms with Crippen LogP contribution in [0.25, 0.3) is 0 Å². The average molecular weight is 454 g/mol. The molecule has 7 nitrogen and oxygen atoms in total. The van der Waals surface area contributed by atoms with Crippen molar-refractivity contribution in [2.45, 2.75) is 55.8 Å². The number of hydrogen-bond acceptors (Lipinski definition) is 5. The maximum Gasteiger partial charge on any atom is 0.316 e. The number of thiophene rings is 1. The van der Waals surface area contributed by atoms with E-state index >= 15 is 0 Å². The van der Waals surface area contributed by atoms with E-state index < -0.39 is 28.4 Å². The van der Waals surface area contributed by atoms with Crippen LogP contribution < -0.4 is 16.2 Å². The highest BCUT2D eigenvalue weighted by Crippen LogP contribution is 2.38. The topological polar surface area (TPSA) is 136 Å². The number of hydrogen-bond donors (Lipinski definition) is 4. The zero-order valence-corrected chi connectivity index (χ0v) is 18.3. The summed E-state index contributed by atoms with van der Waals surface area (Å²) >= 11 is 0.924. The number of Topliss-reactive ketones (excluding diaryl/α,β-unsaturated/α-hetero) is 1. The first-order valence-electron chi connectivity index (χ1n) is 9.44. The molecule has 30 heavy (non-hydrogen) atoms. The standard InChI is InChI=1S/C13H14N2O2.C7H10FNO2S2/c14-13(17)15-12-9-3-1-2-7(9)6-8-4-5-10(16)11(8)12;1-7(2,10)5-3-4(8)6(12-5)13(9)11/h6H,1-5H2,(H3,14,15,17);3,10H,9H2,1-2H3. The van der Waals surface area contributed by atoms with Crippen LogP contribution in [0.4, 0.5) is 14.9 Å². The Hall–Kier alpha value is -2.14. The summed E-state index contributed by atoms with van der Waals surface area (Å²) in [6.45, 7) is 3.06. The third-order valence-corrected chi connectivity index (χ3v) is 7.59. The fourth-order valence-corrected chi connectivity index (χ4v) is 5.36. The Morgan fingerprint density at radius 3 is 2.47 bits per heavy atom. The monoisotopic (exact) mass is 453 g/mol. The normalized spacial score (nSPS) is 15.8. The van der Waals surface area contributed by atoms with Crippen LogP contribution in [0.3, 0.4) is 0 Å². The molecule has 0 saturated carbocycles. The van der Waals surface area contributed by atoms with Crippen LogP contribution in [0.15, 0.2) is 16.3 Å². The molecule has 0 saturated heterocycles. The molecule has 162 valence electrons. The minimum atomic E-state index is -1.82. The van der Waals surface area contributed by atoms with Crippen LogP contribution in [-0.2, 0) is 35.8 Å². The van der Waals surface area contributed by atoms with Gasteiger partial charge in [0.25, 0.3) is 0 Å². The number of aliphatic hydroxyl groups is 1. The number of primary amides is 1. The quantitative estimate of drug-likeness (QED) is 0.568. The molecule has 1 heterocycles. The molecule has 0 spiro atoms. The number of carbonyl (C=O) groups is 2. The highest BCUT2D eigenvalue weighted by molar-refractivity contribution is 7.85. The van der Waals surface area contributed by atoms with Gasteiger partial charge in [-0.3, -0.25) is 4.79 Å². The lowest BCUT2D eigenvalue weighted by molar-refractivity contribution is 0.0823. The van der Waals surface area contributed by atoms with Crippen LogP contribution in [0.5, 0.6) is 0 Å². The molecular weight excluding hydrogens is 429 g/mol. The van der Waals surface area contributed by atoms with Crippen molar-refractivity contribution < 1.29 is 23.3 Å². The molecule has 0 fully saturated rings. The molecule has 1 atom stereocenters. The number of aryl methyl sites for hydroxylation is 2. The smallest absolute Gasteiger partial charge is 0.316 e. The first-order valence-corrected chi connectivity index (χ1v) is 11.5. The maximum atomic E-state index is 13.0. The minimum absolute atomic E-state index is 0.0304. The van der Waals surface area contributed by atoms with Crippen molar-refractivity contribution in [3.8, 4) is 0 Å². The second-order valence-corrected chi connectivity index (χ2v) is 10.1. The molecule has 1 aromatic carbocycles. The highest BCUT2D eigenvalue weighted by atomic mass is 32.2. The second-order valence-electron chi connectivity index (χ2n) is 7.79. The summed E-state index contributed by atoms with van der Waals surface area (Å²) in [7, 11) is -1.82. The zero-order chi connectivity index (χ0) is 22.2. The number of benzene rings is 1. The fourth-order valence-electron chi connectivity index (χ4n) is 3.75. The van der Waals surface area contributed by atoms with Gasteiger partial charge in [0.15, 0.2) is 11.6 Å². The molecule has 4 rings (SSSR count). The van der Waals surface area contributed by atoms with Crippen LogP contribution >= 0.6 is 11.3 Å². The predicted octanol–water partition coefficient (Wildman–Crippen LogP) is 2.89. The third kappa shape index (κ3) is 4.61. The molecule has 0 bridgehead atoms. The number of nitrogens with two attached hydrogens (primary N) is 2. The Balaban J connectivity index is 0.000000178. The fraction of sp³-hybridized carbons (Fsp3) is 0.400. The van der Waals surface area contributed by atoms with Gasteiger partial charge in [-0.2, -0.15) is 0 Å². The van der Waals surface area contributed by atoms with Crippen molar-refractivity contribution in [3.63, 3.8) is 0 Å². The van der Waals surface area contributed by atoms with E-state index in [1.807, 2.05) is 0 Å². The van der Waals surface area contributed by atoms with Gasteiger partial charge in [-0.15, -0.1) is 11.3 Å². The van der Waals surface area contributed by atoms with Crippen molar-refractivity contribution in [2.75, 3.05) is 5.32 Å².